The summed E-state index contributed by atoms with van der Waals surface area (Å²) in [6.07, 6.45) is 0.348. The maximum Gasteiger partial charge on any atom is 0.269 e. The molecule has 0 aliphatic carbocycles. The maximum atomic E-state index is 13.3. The van der Waals surface area contributed by atoms with E-state index in [0.717, 1.165) is 37.8 Å². The van der Waals surface area contributed by atoms with Crippen LogP contribution in [0.15, 0.2) is 42.5 Å². The molecule has 0 saturated carbocycles. The number of non-ortho nitro benzene ring substituents is 1. The first-order valence-corrected chi connectivity index (χ1v) is 9.08. The van der Waals surface area contributed by atoms with Crippen LogP contribution in [0.5, 0.6) is 0 Å². The summed E-state index contributed by atoms with van der Waals surface area (Å²) in [6.45, 7) is 4.32. The van der Waals surface area contributed by atoms with Crippen LogP contribution in [0.25, 0.3) is 0 Å². The molecule has 0 bridgehead atoms. The van der Waals surface area contributed by atoms with Crippen LogP contribution >= 0.6 is 24.8 Å². The molecule has 10 heteroatoms. The highest BCUT2D eigenvalue weighted by Gasteiger charge is 2.18. The molecule has 6 nitrogen and oxygen atoms in total. The second-order valence-corrected chi connectivity index (χ2v) is 6.84. The van der Waals surface area contributed by atoms with E-state index in [-0.39, 0.29) is 36.3 Å². The molecular formula is C20H23Cl2F2N3O3. The smallest absolute Gasteiger partial charge is 0.269 e. The standard InChI is InChI=1S/C20H21F2N3O3.2ClH/c21-18-6-1-15(13-19(18)22)14-24-11-9-23(10-12-24)8-7-20(26)16-2-4-17(5-3-16)25(27)28;;/h1-6,13H,7-12,14H2;2*1H. The molecule has 0 radical (unpaired) electrons. The third-order valence-corrected chi connectivity index (χ3v) is 4.91. The van der Waals surface area contributed by atoms with Crippen LogP contribution in [-0.2, 0) is 6.54 Å². The Morgan fingerprint density at radius 3 is 2.10 bits per heavy atom. The van der Waals surface area contributed by atoms with Gasteiger partial charge in [0.25, 0.3) is 5.69 Å². The average molecular weight is 462 g/mol. The number of hydrogen-bond acceptors (Lipinski definition) is 5. The van der Waals surface area contributed by atoms with Gasteiger partial charge in [-0.05, 0) is 29.8 Å². The Morgan fingerprint density at radius 2 is 1.53 bits per heavy atom. The van der Waals surface area contributed by atoms with Crippen molar-refractivity contribution in [2.75, 3.05) is 32.7 Å². The van der Waals surface area contributed by atoms with Gasteiger partial charge >= 0.3 is 0 Å². The van der Waals surface area contributed by atoms with E-state index in [0.29, 0.717) is 25.1 Å². The van der Waals surface area contributed by atoms with E-state index >= 15 is 0 Å². The van der Waals surface area contributed by atoms with Gasteiger partial charge in [-0.1, -0.05) is 6.07 Å². The van der Waals surface area contributed by atoms with E-state index in [9.17, 15) is 23.7 Å². The monoisotopic (exact) mass is 461 g/mol. The Balaban J connectivity index is 0.00000225. The van der Waals surface area contributed by atoms with Gasteiger partial charge in [0, 0.05) is 63.4 Å². The van der Waals surface area contributed by atoms with Crippen molar-refractivity contribution < 1.29 is 18.5 Å². The molecule has 1 saturated heterocycles. The summed E-state index contributed by atoms with van der Waals surface area (Å²) in [5, 5.41) is 10.7. The Labute approximate surface area is 185 Å². The number of ketones is 1. The predicted molar refractivity (Wildman–Crippen MR) is 115 cm³/mol. The lowest BCUT2D eigenvalue weighted by Crippen LogP contribution is -2.46. The number of benzene rings is 2. The second kappa shape index (κ2) is 11.9. The van der Waals surface area contributed by atoms with Gasteiger partial charge in [0.2, 0.25) is 0 Å². The lowest BCUT2D eigenvalue weighted by Gasteiger charge is -2.34. The highest BCUT2D eigenvalue weighted by molar-refractivity contribution is 5.96. The van der Waals surface area contributed by atoms with Gasteiger partial charge in [0.05, 0.1) is 4.92 Å². The van der Waals surface area contributed by atoms with Crippen LogP contribution < -0.4 is 0 Å². The summed E-state index contributed by atoms with van der Waals surface area (Å²) in [5.74, 6) is -1.72. The molecule has 30 heavy (non-hydrogen) atoms. The Hall–Kier alpha value is -2.13. The van der Waals surface area contributed by atoms with Gasteiger partial charge in [-0.15, -0.1) is 24.8 Å². The topological polar surface area (TPSA) is 66.7 Å². The number of nitro groups is 1. The summed E-state index contributed by atoms with van der Waals surface area (Å²) in [6, 6.07) is 9.61. The summed E-state index contributed by atoms with van der Waals surface area (Å²) in [4.78, 5) is 26.8. The fourth-order valence-corrected chi connectivity index (χ4v) is 3.24. The number of carbonyl (C=O) groups is 1. The van der Waals surface area contributed by atoms with E-state index in [1.54, 1.807) is 6.07 Å². The first-order chi connectivity index (χ1) is 13.4. The molecule has 2 aromatic carbocycles. The quantitative estimate of drug-likeness (QED) is 0.352. The van der Waals surface area contributed by atoms with Gasteiger partial charge in [0.1, 0.15) is 0 Å². The van der Waals surface area contributed by atoms with Gasteiger partial charge < -0.3 is 4.90 Å². The number of Topliss-reactive ketones (excluding diaryl/α,β-unsaturated/α-hetero) is 1. The number of nitro benzene ring substituents is 1. The fourth-order valence-electron chi connectivity index (χ4n) is 3.24. The molecule has 0 unspecified atom stereocenters. The zero-order valence-electron chi connectivity index (χ0n) is 16.1. The zero-order valence-corrected chi connectivity index (χ0v) is 17.8. The molecule has 1 heterocycles. The number of nitrogens with zero attached hydrogens (tertiary/aromatic N) is 3. The number of hydrogen-bond donors (Lipinski definition) is 0. The lowest BCUT2D eigenvalue weighted by atomic mass is 10.1. The van der Waals surface area contributed by atoms with Crippen molar-refractivity contribution in [2.45, 2.75) is 13.0 Å². The van der Waals surface area contributed by atoms with Gasteiger partial charge in [-0.3, -0.25) is 19.8 Å². The predicted octanol–water partition coefficient (Wildman–Crippen LogP) is 4.11. The largest absolute Gasteiger partial charge is 0.300 e. The van der Waals surface area contributed by atoms with E-state index in [4.69, 9.17) is 0 Å². The van der Waals surface area contributed by atoms with E-state index < -0.39 is 16.6 Å². The van der Waals surface area contributed by atoms with Crippen molar-refractivity contribution in [1.82, 2.24) is 9.80 Å². The maximum absolute atomic E-state index is 13.3. The Kier molecular flexibility index (Phi) is 10.3. The van der Waals surface area contributed by atoms with E-state index in [2.05, 4.69) is 9.80 Å². The molecular weight excluding hydrogens is 439 g/mol. The van der Waals surface area contributed by atoms with Gasteiger partial charge in [-0.25, -0.2) is 8.78 Å². The normalized spacial score (nSPS) is 14.5. The van der Waals surface area contributed by atoms with E-state index in [1.807, 2.05) is 0 Å². The summed E-state index contributed by atoms with van der Waals surface area (Å²) in [7, 11) is 0. The summed E-state index contributed by atoms with van der Waals surface area (Å²) >= 11 is 0. The summed E-state index contributed by atoms with van der Waals surface area (Å²) in [5.41, 5.74) is 1.18. The third-order valence-electron chi connectivity index (χ3n) is 4.91. The molecule has 2 aromatic rings. The first-order valence-electron chi connectivity index (χ1n) is 9.08. The van der Waals surface area contributed by atoms with Crippen molar-refractivity contribution in [2.24, 2.45) is 0 Å². The Morgan fingerprint density at radius 1 is 0.933 bits per heavy atom. The van der Waals surface area contributed by atoms with Gasteiger partial charge in [0.15, 0.2) is 17.4 Å². The highest BCUT2D eigenvalue weighted by atomic mass is 35.5. The van der Waals surface area contributed by atoms with Crippen LogP contribution in [0.2, 0.25) is 0 Å². The first kappa shape index (κ1) is 25.9. The highest BCUT2D eigenvalue weighted by Crippen LogP contribution is 2.15. The van der Waals surface area contributed by atoms with Crippen molar-refractivity contribution in [3.8, 4) is 0 Å². The molecule has 0 spiro atoms. The van der Waals surface area contributed by atoms with Crippen molar-refractivity contribution in [1.29, 1.82) is 0 Å². The van der Waals surface area contributed by atoms with Crippen LogP contribution in [0.1, 0.15) is 22.3 Å². The van der Waals surface area contributed by atoms with Gasteiger partial charge in [-0.2, -0.15) is 0 Å². The second-order valence-electron chi connectivity index (χ2n) is 6.84. The molecule has 0 amide bonds. The van der Waals surface area contributed by atoms with Crippen molar-refractivity contribution >= 4 is 36.3 Å². The molecule has 164 valence electrons. The fraction of sp³-hybridized carbons (Fsp3) is 0.350. The molecule has 0 N–H and O–H groups in total. The molecule has 0 aromatic heterocycles. The number of carbonyl (C=O) groups excluding carboxylic acids is 1. The molecule has 0 atom stereocenters. The minimum absolute atomic E-state index is 0. The zero-order chi connectivity index (χ0) is 20.1. The minimum Gasteiger partial charge on any atom is -0.300 e. The van der Waals surface area contributed by atoms with Crippen molar-refractivity contribution in [3.05, 3.63) is 75.3 Å². The third kappa shape index (κ3) is 6.98. The molecule has 3 rings (SSSR count). The van der Waals surface area contributed by atoms with Crippen molar-refractivity contribution in [3.63, 3.8) is 0 Å². The number of piperazine rings is 1. The minimum atomic E-state index is -0.841. The van der Waals surface area contributed by atoms with E-state index in [1.165, 1.54) is 30.3 Å². The number of halogens is 4. The molecule has 1 fully saturated rings. The van der Waals surface area contributed by atoms with Crippen LogP contribution in [0, 0.1) is 21.7 Å². The van der Waals surface area contributed by atoms with Crippen LogP contribution in [0.4, 0.5) is 14.5 Å². The van der Waals surface area contributed by atoms with Crippen LogP contribution in [-0.4, -0.2) is 53.2 Å². The lowest BCUT2D eigenvalue weighted by molar-refractivity contribution is -0.384. The Bertz CT molecular complexity index is 861. The van der Waals surface area contributed by atoms with Crippen LogP contribution in [0.3, 0.4) is 0 Å². The average Bonchev–Trinajstić information content (AvgIpc) is 2.70. The molecule has 1 aliphatic heterocycles. The SMILES string of the molecule is Cl.Cl.O=C(CCN1CCN(Cc2ccc(F)c(F)c2)CC1)c1ccc([N+](=O)[O-])cc1. The molecule has 1 aliphatic rings. The summed E-state index contributed by atoms with van der Waals surface area (Å²) < 4.78 is 26.3. The number of rotatable bonds is 7.